The standard InChI is InChI=1S/C20H27ClN6O3/c1-12(14-10-13(21)7-8-15(14)27-11-22-24-25-27)23-18(29)16-6-5-9-26(16)19(30)17(28)20(2,3)4/h7-8,10-12,16-17,28H,5-6,9H2,1-4H3,(H,23,29)/t12?,16-,17?/m0/s1. The van der Waals surface area contributed by atoms with E-state index in [4.69, 9.17) is 11.6 Å². The van der Waals surface area contributed by atoms with Crippen LogP contribution in [-0.2, 0) is 9.59 Å². The molecular weight excluding hydrogens is 408 g/mol. The number of hydrogen-bond donors (Lipinski definition) is 2. The molecular formula is C20H27ClN6O3. The molecule has 1 aliphatic heterocycles. The number of aliphatic hydroxyl groups excluding tert-OH is 1. The van der Waals surface area contributed by atoms with Gasteiger partial charge in [-0.3, -0.25) is 9.59 Å². The number of carbonyl (C=O) groups excluding carboxylic acids is 2. The van der Waals surface area contributed by atoms with Crippen molar-refractivity contribution < 1.29 is 14.7 Å². The molecule has 2 unspecified atom stereocenters. The number of rotatable bonds is 5. The molecule has 3 rings (SSSR count). The van der Waals surface area contributed by atoms with E-state index in [0.29, 0.717) is 30.1 Å². The zero-order valence-corrected chi connectivity index (χ0v) is 18.3. The van der Waals surface area contributed by atoms with E-state index in [1.54, 1.807) is 39.0 Å². The molecule has 1 aromatic carbocycles. The van der Waals surface area contributed by atoms with Gasteiger partial charge in [0.1, 0.15) is 18.5 Å². The number of aliphatic hydroxyl groups is 1. The highest BCUT2D eigenvalue weighted by Gasteiger charge is 2.40. The van der Waals surface area contributed by atoms with Gasteiger partial charge in [-0.15, -0.1) is 5.10 Å². The molecule has 0 bridgehead atoms. The van der Waals surface area contributed by atoms with Crippen molar-refractivity contribution in [3.8, 4) is 5.69 Å². The van der Waals surface area contributed by atoms with E-state index in [-0.39, 0.29) is 5.91 Å². The van der Waals surface area contributed by atoms with Crippen molar-refractivity contribution in [3.05, 3.63) is 35.1 Å². The quantitative estimate of drug-likeness (QED) is 0.742. The van der Waals surface area contributed by atoms with Crippen molar-refractivity contribution in [2.75, 3.05) is 6.54 Å². The van der Waals surface area contributed by atoms with Gasteiger partial charge < -0.3 is 15.3 Å². The monoisotopic (exact) mass is 434 g/mol. The third-order valence-corrected chi connectivity index (χ3v) is 5.54. The van der Waals surface area contributed by atoms with E-state index < -0.39 is 29.5 Å². The van der Waals surface area contributed by atoms with Crippen LogP contribution in [0.25, 0.3) is 5.69 Å². The van der Waals surface area contributed by atoms with Crippen molar-refractivity contribution in [2.24, 2.45) is 5.41 Å². The molecule has 0 saturated carbocycles. The fourth-order valence-electron chi connectivity index (χ4n) is 3.57. The number of halogens is 1. The van der Waals surface area contributed by atoms with Gasteiger partial charge in [0.05, 0.1) is 11.7 Å². The number of carbonyl (C=O) groups is 2. The molecule has 3 atom stereocenters. The van der Waals surface area contributed by atoms with Crippen LogP contribution >= 0.6 is 11.6 Å². The lowest BCUT2D eigenvalue weighted by Gasteiger charge is -2.32. The number of nitrogens with zero attached hydrogens (tertiary/aromatic N) is 5. The second kappa shape index (κ2) is 8.69. The van der Waals surface area contributed by atoms with E-state index in [1.165, 1.54) is 15.9 Å². The third-order valence-electron chi connectivity index (χ3n) is 5.30. The Morgan fingerprint density at radius 3 is 2.70 bits per heavy atom. The maximum atomic E-state index is 13.0. The van der Waals surface area contributed by atoms with Crippen LogP contribution in [0.15, 0.2) is 24.5 Å². The molecule has 1 saturated heterocycles. The second-order valence-electron chi connectivity index (χ2n) is 8.65. The first-order valence-electron chi connectivity index (χ1n) is 9.91. The summed E-state index contributed by atoms with van der Waals surface area (Å²) < 4.78 is 1.50. The minimum absolute atomic E-state index is 0.267. The van der Waals surface area contributed by atoms with Crippen LogP contribution in [0.2, 0.25) is 5.02 Å². The molecule has 2 heterocycles. The number of likely N-dealkylation sites (tertiary alicyclic amines) is 1. The molecule has 2 N–H and O–H groups in total. The summed E-state index contributed by atoms with van der Waals surface area (Å²) in [6.07, 6.45) is 1.56. The van der Waals surface area contributed by atoms with Crippen molar-refractivity contribution in [1.82, 2.24) is 30.4 Å². The summed E-state index contributed by atoms with van der Waals surface area (Å²) in [5, 5.41) is 25.1. The number of tetrazole rings is 1. The van der Waals surface area contributed by atoms with Gasteiger partial charge in [0, 0.05) is 17.1 Å². The smallest absolute Gasteiger partial charge is 0.252 e. The van der Waals surface area contributed by atoms with E-state index in [9.17, 15) is 14.7 Å². The summed E-state index contributed by atoms with van der Waals surface area (Å²) in [6, 6.07) is 4.24. The minimum atomic E-state index is -1.16. The van der Waals surface area contributed by atoms with Crippen molar-refractivity contribution in [1.29, 1.82) is 0 Å². The number of hydrogen-bond acceptors (Lipinski definition) is 6. The first-order chi connectivity index (χ1) is 14.1. The highest BCUT2D eigenvalue weighted by Crippen LogP contribution is 2.28. The average Bonchev–Trinajstić information content (AvgIpc) is 3.37. The summed E-state index contributed by atoms with van der Waals surface area (Å²) in [5.74, 6) is -0.679. The summed E-state index contributed by atoms with van der Waals surface area (Å²) in [5.41, 5.74) is 0.837. The molecule has 0 radical (unpaired) electrons. The van der Waals surface area contributed by atoms with Gasteiger partial charge in [-0.2, -0.15) is 0 Å². The normalized spacial score (nSPS) is 18.9. The predicted molar refractivity (Wildman–Crippen MR) is 111 cm³/mol. The lowest BCUT2D eigenvalue weighted by molar-refractivity contribution is -0.150. The van der Waals surface area contributed by atoms with Crippen LogP contribution < -0.4 is 5.32 Å². The van der Waals surface area contributed by atoms with Crippen molar-refractivity contribution >= 4 is 23.4 Å². The summed E-state index contributed by atoms with van der Waals surface area (Å²) >= 11 is 6.17. The molecule has 9 nitrogen and oxygen atoms in total. The first kappa shape index (κ1) is 22.2. The molecule has 1 aromatic heterocycles. The molecule has 2 aromatic rings. The third kappa shape index (κ3) is 4.62. The zero-order valence-electron chi connectivity index (χ0n) is 17.5. The Balaban J connectivity index is 1.78. The van der Waals surface area contributed by atoms with Gasteiger partial charge in [0.2, 0.25) is 5.91 Å². The Bertz CT molecular complexity index is 912. The fraction of sp³-hybridized carbons (Fsp3) is 0.550. The summed E-state index contributed by atoms with van der Waals surface area (Å²) in [7, 11) is 0. The first-order valence-corrected chi connectivity index (χ1v) is 10.3. The van der Waals surface area contributed by atoms with Gasteiger partial charge in [0.25, 0.3) is 5.91 Å². The molecule has 2 amide bonds. The Labute approximate surface area is 180 Å². The highest BCUT2D eigenvalue weighted by atomic mass is 35.5. The Hall–Kier alpha value is -2.52. The Morgan fingerprint density at radius 2 is 2.07 bits per heavy atom. The number of benzene rings is 1. The maximum Gasteiger partial charge on any atom is 0.252 e. The minimum Gasteiger partial charge on any atom is -0.383 e. The van der Waals surface area contributed by atoms with Gasteiger partial charge in [-0.05, 0) is 53.8 Å². The van der Waals surface area contributed by atoms with Crippen LogP contribution in [0.4, 0.5) is 0 Å². The van der Waals surface area contributed by atoms with Crippen LogP contribution in [0.3, 0.4) is 0 Å². The molecule has 1 fully saturated rings. The Kier molecular flexibility index (Phi) is 6.42. The molecule has 30 heavy (non-hydrogen) atoms. The highest BCUT2D eigenvalue weighted by molar-refractivity contribution is 6.30. The van der Waals surface area contributed by atoms with Crippen molar-refractivity contribution in [2.45, 2.75) is 58.7 Å². The van der Waals surface area contributed by atoms with Gasteiger partial charge in [-0.1, -0.05) is 32.4 Å². The van der Waals surface area contributed by atoms with Crippen molar-refractivity contribution in [3.63, 3.8) is 0 Å². The zero-order chi connectivity index (χ0) is 22.1. The lowest BCUT2D eigenvalue weighted by atomic mass is 9.88. The van der Waals surface area contributed by atoms with Crippen LogP contribution in [0, 0.1) is 5.41 Å². The van der Waals surface area contributed by atoms with Crippen LogP contribution in [0.1, 0.15) is 52.1 Å². The van der Waals surface area contributed by atoms with Crippen LogP contribution in [0.5, 0.6) is 0 Å². The van der Waals surface area contributed by atoms with E-state index in [0.717, 1.165) is 5.56 Å². The van der Waals surface area contributed by atoms with E-state index in [2.05, 4.69) is 20.8 Å². The Morgan fingerprint density at radius 1 is 1.33 bits per heavy atom. The number of nitrogens with one attached hydrogen (secondary N) is 1. The number of amides is 2. The molecule has 0 spiro atoms. The lowest BCUT2D eigenvalue weighted by Crippen LogP contribution is -2.52. The average molecular weight is 435 g/mol. The summed E-state index contributed by atoms with van der Waals surface area (Å²) in [6.45, 7) is 7.67. The SMILES string of the molecule is CC(NC(=O)[C@@H]1CCCN1C(=O)C(O)C(C)(C)C)c1cc(Cl)ccc1-n1cnnn1. The summed E-state index contributed by atoms with van der Waals surface area (Å²) in [4.78, 5) is 27.3. The molecule has 10 heteroatoms. The van der Waals surface area contributed by atoms with E-state index >= 15 is 0 Å². The molecule has 162 valence electrons. The molecule has 1 aliphatic rings. The van der Waals surface area contributed by atoms with Gasteiger partial charge >= 0.3 is 0 Å². The van der Waals surface area contributed by atoms with Gasteiger partial charge in [0.15, 0.2) is 0 Å². The predicted octanol–water partition coefficient (Wildman–Crippen LogP) is 1.89. The van der Waals surface area contributed by atoms with E-state index in [1.807, 2.05) is 6.92 Å². The largest absolute Gasteiger partial charge is 0.383 e. The van der Waals surface area contributed by atoms with Crippen LogP contribution in [-0.4, -0.2) is 60.7 Å². The number of aromatic nitrogens is 4. The fourth-order valence-corrected chi connectivity index (χ4v) is 3.75. The second-order valence-corrected chi connectivity index (χ2v) is 9.08. The molecule has 0 aliphatic carbocycles. The van der Waals surface area contributed by atoms with Gasteiger partial charge in [-0.25, -0.2) is 4.68 Å². The maximum absolute atomic E-state index is 13.0. The topological polar surface area (TPSA) is 113 Å².